The largest absolute Gasteiger partial charge is 0.492 e. The Kier molecular flexibility index (Phi) is 2.94. The summed E-state index contributed by atoms with van der Waals surface area (Å²) in [4.78, 5) is 4.44. The summed E-state index contributed by atoms with van der Waals surface area (Å²) in [6.45, 7) is 1.87. The third kappa shape index (κ3) is 2.11. The van der Waals surface area contributed by atoms with E-state index < -0.39 is 5.60 Å². The molecule has 2 aliphatic rings. The molecule has 2 atom stereocenters. The molecule has 2 aromatic rings. The van der Waals surface area contributed by atoms with Crippen LogP contribution in [0.3, 0.4) is 0 Å². The first-order chi connectivity index (χ1) is 10.3. The number of benzene rings is 1. The lowest BCUT2D eigenvalue weighted by atomic mass is 9.94. The van der Waals surface area contributed by atoms with Crippen molar-refractivity contribution in [3.8, 4) is 5.75 Å². The average molecular weight is 287 g/mol. The van der Waals surface area contributed by atoms with Crippen molar-refractivity contribution in [3.63, 3.8) is 0 Å². The van der Waals surface area contributed by atoms with E-state index in [9.17, 15) is 5.11 Å². The van der Waals surface area contributed by atoms with E-state index in [0.717, 1.165) is 24.3 Å². The molecule has 0 aliphatic carbocycles. The number of fused-ring (bicyclic) bond motifs is 1. The fourth-order valence-electron chi connectivity index (χ4n) is 3.01. The highest BCUT2D eigenvalue weighted by Gasteiger charge is 2.38. The number of β-amino-alcohol motifs (C(OH)–C–C–N with tert-alkyl or cyclic N) is 1. The van der Waals surface area contributed by atoms with E-state index in [1.165, 1.54) is 0 Å². The Hall–Kier alpha value is -1.92. The lowest BCUT2D eigenvalue weighted by molar-refractivity contribution is -0.0167. The van der Waals surface area contributed by atoms with E-state index in [1.807, 2.05) is 24.3 Å². The minimum atomic E-state index is -1.05. The smallest absolute Gasteiger partial charge is 0.259 e. The zero-order valence-corrected chi connectivity index (χ0v) is 11.6. The summed E-state index contributed by atoms with van der Waals surface area (Å²) >= 11 is 0. The first kappa shape index (κ1) is 12.8. The maximum absolute atomic E-state index is 10.6. The quantitative estimate of drug-likeness (QED) is 0.863. The van der Waals surface area contributed by atoms with Gasteiger partial charge in [-0.1, -0.05) is 23.4 Å². The van der Waals surface area contributed by atoms with Crippen molar-refractivity contribution < 1.29 is 14.4 Å². The van der Waals surface area contributed by atoms with Crippen LogP contribution in [0.5, 0.6) is 5.75 Å². The van der Waals surface area contributed by atoms with Gasteiger partial charge in [0.15, 0.2) is 11.4 Å². The van der Waals surface area contributed by atoms with Crippen LogP contribution < -0.4 is 10.1 Å². The number of aromatic nitrogens is 2. The highest BCUT2D eigenvalue weighted by molar-refractivity contribution is 5.42. The normalized spacial score (nSPS) is 28.1. The Labute approximate surface area is 122 Å². The van der Waals surface area contributed by atoms with E-state index in [0.29, 0.717) is 31.3 Å². The van der Waals surface area contributed by atoms with Gasteiger partial charge < -0.3 is 19.7 Å². The van der Waals surface area contributed by atoms with Crippen molar-refractivity contribution >= 4 is 0 Å². The van der Waals surface area contributed by atoms with Gasteiger partial charge in [-0.15, -0.1) is 0 Å². The van der Waals surface area contributed by atoms with Gasteiger partial charge in [-0.3, -0.25) is 0 Å². The van der Waals surface area contributed by atoms with Crippen molar-refractivity contribution in [1.29, 1.82) is 0 Å². The van der Waals surface area contributed by atoms with Gasteiger partial charge >= 0.3 is 0 Å². The van der Waals surface area contributed by atoms with Crippen LogP contribution in [0, 0.1) is 0 Å². The number of piperidine rings is 1. The summed E-state index contributed by atoms with van der Waals surface area (Å²) in [5.74, 6) is 1.72. The van der Waals surface area contributed by atoms with Crippen LogP contribution in [-0.4, -0.2) is 34.9 Å². The SMILES string of the molecule is OC1(c2nc(C3COc4ccccc43)no2)CCCNC1. The number of aliphatic hydroxyl groups is 1. The molecule has 2 aliphatic heterocycles. The summed E-state index contributed by atoms with van der Waals surface area (Å²) in [5, 5.41) is 17.8. The molecule has 1 fully saturated rings. The zero-order valence-electron chi connectivity index (χ0n) is 11.6. The molecule has 1 saturated heterocycles. The molecule has 3 heterocycles. The topological polar surface area (TPSA) is 80.4 Å². The highest BCUT2D eigenvalue weighted by atomic mass is 16.5. The number of hydrogen-bond donors (Lipinski definition) is 2. The third-order valence-electron chi connectivity index (χ3n) is 4.21. The van der Waals surface area contributed by atoms with Crippen molar-refractivity contribution in [1.82, 2.24) is 15.5 Å². The second-order valence-corrected chi connectivity index (χ2v) is 5.67. The van der Waals surface area contributed by atoms with E-state index in [1.54, 1.807) is 0 Å². The van der Waals surface area contributed by atoms with Gasteiger partial charge in [0.1, 0.15) is 12.4 Å². The molecule has 0 bridgehead atoms. The lowest BCUT2D eigenvalue weighted by Crippen LogP contribution is -2.43. The minimum absolute atomic E-state index is 0.0288. The Morgan fingerprint density at radius 2 is 2.24 bits per heavy atom. The fraction of sp³-hybridized carbons (Fsp3) is 0.467. The molecule has 6 heteroatoms. The molecule has 0 spiro atoms. The van der Waals surface area contributed by atoms with Crippen LogP contribution >= 0.6 is 0 Å². The summed E-state index contributed by atoms with van der Waals surface area (Å²) in [6, 6.07) is 7.87. The van der Waals surface area contributed by atoms with E-state index in [2.05, 4.69) is 15.5 Å². The van der Waals surface area contributed by atoms with Crippen molar-refractivity contribution in [3.05, 3.63) is 41.5 Å². The van der Waals surface area contributed by atoms with Crippen LogP contribution in [0.1, 0.15) is 36.0 Å². The number of hydrogen-bond acceptors (Lipinski definition) is 6. The summed E-state index contributed by atoms with van der Waals surface area (Å²) < 4.78 is 11.0. The van der Waals surface area contributed by atoms with E-state index in [4.69, 9.17) is 9.26 Å². The number of rotatable bonds is 2. The van der Waals surface area contributed by atoms with Gasteiger partial charge in [-0.25, -0.2) is 0 Å². The molecule has 1 aromatic heterocycles. The lowest BCUT2D eigenvalue weighted by Gasteiger charge is -2.28. The molecule has 1 aromatic carbocycles. The summed E-state index contributed by atoms with van der Waals surface area (Å²) in [5.41, 5.74) is 0.0151. The second-order valence-electron chi connectivity index (χ2n) is 5.67. The zero-order chi connectivity index (χ0) is 14.3. The third-order valence-corrected chi connectivity index (χ3v) is 4.21. The monoisotopic (exact) mass is 287 g/mol. The first-order valence-electron chi connectivity index (χ1n) is 7.25. The van der Waals surface area contributed by atoms with Crippen LogP contribution in [0.15, 0.2) is 28.8 Å². The van der Waals surface area contributed by atoms with E-state index in [-0.39, 0.29) is 5.92 Å². The minimum Gasteiger partial charge on any atom is -0.492 e. The van der Waals surface area contributed by atoms with Crippen LogP contribution in [0.4, 0.5) is 0 Å². The van der Waals surface area contributed by atoms with Gasteiger partial charge in [0.2, 0.25) is 0 Å². The number of nitrogens with one attached hydrogen (secondary N) is 1. The molecule has 4 rings (SSSR count). The molecular weight excluding hydrogens is 270 g/mol. The van der Waals surface area contributed by atoms with Gasteiger partial charge in [0.05, 0.1) is 5.92 Å². The average Bonchev–Trinajstić information content (AvgIpc) is 3.15. The summed E-state index contributed by atoms with van der Waals surface area (Å²) in [7, 11) is 0. The number of para-hydroxylation sites is 1. The molecule has 21 heavy (non-hydrogen) atoms. The maximum atomic E-state index is 10.6. The van der Waals surface area contributed by atoms with Gasteiger partial charge in [0, 0.05) is 12.1 Å². The van der Waals surface area contributed by atoms with Crippen molar-refractivity contribution in [2.24, 2.45) is 0 Å². The van der Waals surface area contributed by atoms with E-state index >= 15 is 0 Å². The summed E-state index contributed by atoms with van der Waals surface area (Å²) in [6.07, 6.45) is 1.53. The molecule has 0 amide bonds. The fourth-order valence-corrected chi connectivity index (χ4v) is 3.01. The van der Waals surface area contributed by atoms with Crippen LogP contribution in [0.25, 0.3) is 0 Å². The Balaban J connectivity index is 1.64. The Morgan fingerprint density at radius 1 is 1.33 bits per heavy atom. The second kappa shape index (κ2) is 4.82. The van der Waals surface area contributed by atoms with Gasteiger partial charge in [0.25, 0.3) is 5.89 Å². The predicted octanol–water partition coefficient (Wildman–Crippen LogP) is 1.16. The number of ether oxygens (including phenoxy) is 1. The maximum Gasteiger partial charge on any atom is 0.259 e. The van der Waals surface area contributed by atoms with Gasteiger partial charge in [-0.2, -0.15) is 4.98 Å². The van der Waals surface area contributed by atoms with Crippen molar-refractivity contribution in [2.45, 2.75) is 24.4 Å². The molecule has 2 unspecified atom stereocenters. The first-order valence-corrected chi connectivity index (χ1v) is 7.25. The standard InChI is InChI=1S/C15H17N3O3/c19-15(6-3-7-16-9-15)14-17-13(18-21-14)11-8-20-12-5-2-1-4-10(11)12/h1-2,4-5,11,16,19H,3,6-9H2. The molecule has 0 saturated carbocycles. The molecule has 110 valence electrons. The Bertz CT molecular complexity index is 649. The van der Waals surface area contributed by atoms with Gasteiger partial charge in [-0.05, 0) is 25.5 Å². The molecular formula is C15H17N3O3. The Morgan fingerprint density at radius 3 is 3.10 bits per heavy atom. The van der Waals surface area contributed by atoms with Crippen molar-refractivity contribution in [2.75, 3.05) is 19.7 Å². The molecule has 2 N–H and O–H groups in total. The molecule has 6 nitrogen and oxygen atoms in total. The molecule has 0 radical (unpaired) electrons. The number of nitrogens with zero attached hydrogens (tertiary/aromatic N) is 2. The highest BCUT2D eigenvalue weighted by Crippen LogP contribution is 2.37. The van der Waals surface area contributed by atoms with Crippen LogP contribution in [-0.2, 0) is 5.60 Å². The van der Waals surface area contributed by atoms with Crippen LogP contribution in [0.2, 0.25) is 0 Å². The predicted molar refractivity (Wildman–Crippen MR) is 74.1 cm³/mol.